The standard InChI is InChI=1S/C20H24ClN3O4/c1-13-11-16(18(27-3)12-15(13)21)22-19(25)14(2)23-6-8-24(9-7-23)20(26)17-5-4-10-28-17/h4-5,10-12,14H,6-9H2,1-3H3,(H,22,25)/p+1/t14-/m1/s1. The van der Waals surface area contributed by atoms with Gasteiger partial charge in [-0.3, -0.25) is 9.59 Å². The number of ether oxygens (including phenoxy) is 1. The predicted octanol–water partition coefficient (Wildman–Crippen LogP) is 1.62. The van der Waals surface area contributed by atoms with Gasteiger partial charge < -0.3 is 24.3 Å². The van der Waals surface area contributed by atoms with Crippen molar-refractivity contribution in [2.75, 3.05) is 38.6 Å². The maximum Gasteiger partial charge on any atom is 0.289 e. The molecule has 0 aliphatic carbocycles. The van der Waals surface area contributed by atoms with E-state index in [1.54, 1.807) is 36.3 Å². The number of carbonyl (C=O) groups is 2. The van der Waals surface area contributed by atoms with Crippen molar-refractivity contribution in [1.29, 1.82) is 0 Å². The molecule has 28 heavy (non-hydrogen) atoms. The minimum Gasteiger partial charge on any atom is -0.495 e. The predicted molar refractivity (Wildman–Crippen MR) is 106 cm³/mol. The quantitative estimate of drug-likeness (QED) is 0.791. The van der Waals surface area contributed by atoms with Gasteiger partial charge in [0.2, 0.25) is 0 Å². The number of halogens is 1. The van der Waals surface area contributed by atoms with Gasteiger partial charge in [0, 0.05) is 11.1 Å². The van der Waals surface area contributed by atoms with Crippen LogP contribution >= 0.6 is 11.6 Å². The molecule has 7 nitrogen and oxygen atoms in total. The molecule has 2 N–H and O–H groups in total. The highest BCUT2D eigenvalue weighted by molar-refractivity contribution is 6.31. The number of hydrogen-bond donors (Lipinski definition) is 2. The largest absolute Gasteiger partial charge is 0.495 e. The summed E-state index contributed by atoms with van der Waals surface area (Å²) in [5, 5.41) is 3.53. The molecule has 150 valence electrons. The SMILES string of the molecule is COc1cc(Cl)c(C)cc1NC(=O)[C@@H](C)[NH+]1CCN(C(=O)c2ccco2)CC1. The molecule has 1 atom stereocenters. The van der Waals surface area contributed by atoms with Gasteiger partial charge >= 0.3 is 0 Å². The van der Waals surface area contributed by atoms with Crippen molar-refractivity contribution < 1.29 is 23.6 Å². The average Bonchev–Trinajstić information content (AvgIpc) is 3.24. The van der Waals surface area contributed by atoms with Crippen LogP contribution in [0.15, 0.2) is 34.9 Å². The number of aryl methyl sites for hydroxylation is 1. The minimum absolute atomic E-state index is 0.0965. The van der Waals surface area contributed by atoms with Crippen LogP contribution in [0.1, 0.15) is 23.0 Å². The lowest BCUT2D eigenvalue weighted by molar-refractivity contribution is -0.917. The van der Waals surface area contributed by atoms with E-state index < -0.39 is 0 Å². The van der Waals surface area contributed by atoms with Crippen LogP contribution in [-0.2, 0) is 4.79 Å². The number of methoxy groups -OCH3 is 1. The van der Waals surface area contributed by atoms with Crippen molar-refractivity contribution >= 4 is 29.1 Å². The second-order valence-electron chi connectivity index (χ2n) is 6.94. The van der Waals surface area contributed by atoms with Gasteiger partial charge in [-0.15, -0.1) is 0 Å². The Morgan fingerprint density at radius 1 is 1.32 bits per heavy atom. The van der Waals surface area contributed by atoms with Crippen molar-refractivity contribution in [3.8, 4) is 5.75 Å². The summed E-state index contributed by atoms with van der Waals surface area (Å²) >= 11 is 6.13. The molecular formula is C20H25ClN3O4+. The number of benzene rings is 1. The topological polar surface area (TPSA) is 76.2 Å². The number of carbonyl (C=O) groups excluding carboxylic acids is 2. The number of rotatable bonds is 5. The summed E-state index contributed by atoms with van der Waals surface area (Å²) in [5.41, 5.74) is 1.47. The smallest absolute Gasteiger partial charge is 0.289 e. The molecule has 0 unspecified atom stereocenters. The van der Waals surface area contributed by atoms with Gasteiger partial charge in [-0.05, 0) is 37.6 Å². The molecular weight excluding hydrogens is 382 g/mol. The molecule has 2 aromatic rings. The van der Waals surface area contributed by atoms with Crippen molar-refractivity contribution in [2.24, 2.45) is 0 Å². The lowest BCUT2D eigenvalue weighted by Gasteiger charge is -2.34. The summed E-state index contributed by atoms with van der Waals surface area (Å²) in [5.74, 6) is 0.669. The Kier molecular flexibility index (Phi) is 6.26. The molecule has 1 aromatic carbocycles. The molecule has 0 saturated carbocycles. The summed E-state index contributed by atoms with van der Waals surface area (Å²) < 4.78 is 10.5. The fraction of sp³-hybridized carbons (Fsp3) is 0.400. The van der Waals surface area contributed by atoms with Crippen LogP contribution in [-0.4, -0.2) is 56.0 Å². The van der Waals surface area contributed by atoms with Crippen molar-refractivity contribution in [2.45, 2.75) is 19.9 Å². The Bertz CT molecular complexity index is 845. The minimum atomic E-state index is -0.262. The zero-order chi connectivity index (χ0) is 20.3. The number of anilines is 1. The van der Waals surface area contributed by atoms with Gasteiger partial charge in [0.1, 0.15) is 5.75 Å². The van der Waals surface area contributed by atoms with Crippen LogP contribution in [0.25, 0.3) is 0 Å². The van der Waals surface area contributed by atoms with Crippen LogP contribution in [0.4, 0.5) is 5.69 Å². The summed E-state index contributed by atoms with van der Waals surface area (Å²) in [4.78, 5) is 28.0. The fourth-order valence-corrected chi connectivity index (χ4v) is 3.50. The molecule has 1 saturated heterocycles. The van der Waals surface area contributed by atoms with E-state index in [2.05, 4.69) is 5.32 Å². The number of furan rings is 1. The molecule has 0 bridgehead atoms. The molecule has 1 aliphatic rings. The average molecular weight is 407 g/mol. The first-order valence-electron chi connectivity index (χ1n) is 9.23. The third-order valence-electron chi connectivity index (χ3n) is 5.17. The zero-order valence-corrected chi connectivity index (χ0v) is 17.0. The summed E-state index contributed by atoms with van der Waals surface area (Å²) in [7, 11) is 1.54. The fourth-order valence-electron chi connectivity index (χ4n) is 3.34. The van der Waals surface area contributed by atoms with Gasteiger partial charge in [-0.25, -0.2) is 0 Å². The summed E-state index contributed by atoms with van der Waals surface area (Å²) in [6.07, 6.45) is 1.49. The number of piperazine rings is 1. The maximum absolute atomic E-state index is 12.8. The van der Waals surface area contributed by atoms with Gasteiger partial charge in [-0.1, -0.05) is 11.6 Å². The second-order valence-corrected chi connectivity index (χ2v) is 7.35. The number of nitrogens with one attached hydrogen (secondary N) is 2. The van der Waals surface area contributed by atoms with E-state index in [9.17, 15) is 9.59 Å². The van der Waals surface area contributed by atoms with E-state index in [-0.39, 0.29) is 17.9 Å². The first-order chi connectivity index (χ1) is 13.4. The van der Waals surface area contributed by atoms with Crippen LogP contribution < -0.4 is 15.0 Å². The Morgan fingerprint density at radius 3 is 2.64 bits per heavy atom. The van der Waals surface area contributed by atoms with Gasteiger partial charge in [0.15, 0.2) is 11.8 Å². The van der Waals surface area contributed by atoms with Gasteiger partial charge in [0.25, 0.3) is 11.8 Å². The van der Waals surface area contributed by atoms with E-state index in [0.717, 1.165) is 10.5 Å². The second kappa shape index (κ2) is 8.67. The van der Waals surface area contributed by atoms with E-state index >= 15 is 0 Å². The zero-order valence-electron chi connectivity index (χ0n) is 16.3. The monoisotopic (exact) mass is 406 g/mol. The molecule has 0 radical (unpaired) electrons. The van der Waals surface area contributed by atoms with E-state index in [0.29, 0.717) is 48.4 Å². The van der Waals surface area contributed by atoms with Crippen molar-refractivity contribution in [3.05, 3.63) is 46.9 Å². The molecule has 1 aliphatic heterocycles. The highest BCUT2D eigenvalue weighted by Crippen LogP contribution is 2.30. The highest BCUT2D eigenvalue weighted by atomic mass is 35.5. The normalized spacial score (nSPS) is 15.9. The Labute approximate surface area is 169 Å². The molecule has 2 heterocycles. The van der Waals surface area contributed by atoms with Crippen LogP contribution in [0.3, 0.4) is 0 Å². The van der Waals surface area contributed by atoms with Crippen molar-refractivity contribution in [1.82, 2.24) is 4.90 Å². The molecule has 1 aromatic heterocycles. The Balaban J connectivity index is 1.59. The van der Waals surface area contributed by atoms with Gasteiger partial charge in [-0.2, -0.15) is 0 Å². The van der Waals surface area contributed by atoms with Crippen LogP contribution in [0.2, 0.25) is 5.02 Å². The number of hydrogen-bond acceptors (Lipinski definition) is 4. The first kappa shape index (κ1) is 20.2. The van der Waals surface area contributed by atoms with Crippen LogP contribution in [0, 0.1) is 6.92 Å². The molecule has 0 spiro atoms. The Hall–Kier alpha value is -2.51. The maximum atomic E-state index is 12.8. The summed E-state index contributed by atoms with van der Waals surface area (Å²) in [6.45, 7) is 6.31. The molecule has 8 heteroatoms. The third-order valence-corrected chi connectivity index (χ3v) is 5.58. The van der Waals surface area contributed by atoms with Crippen LogP contribution in [0.5, 0.6) is 5.75 Å². The number of amides is 2. The van der Waals surface area contributed by atoms with E-state index in [1.165, 1.54) is 6.26 Å². The first-order valence-corrected chi connectivity index (χ1v) is 9.61. The van der Waals surface area contributed by atoms with Crippen molar-refractivity contribution in [3.63, 3.8) is 0 Å². The number of nitrogens with zero attached hydrogens (tertiary/aromatic N) is 1. The van der Waals surface area contributed by atoms with E-state index in [4.69, 9.17) is 20.8 Å². The molecule has 1 fully saturated rings. The Morgan fingerprint density at radius 2 is 2.04 bits per heavy atom. The lowest BCUT2D eigenvalue weighted by Crippen LogP contribution is -3.19. The highest BCUT2D eigenvalue weighted by Gasteiger charge is 2.32. The van der Waals surface area contributed by atoms with Gasteiger partial charge in [0.05, 0.1) is 45.2 Å². The summed E-state index contributed by atoms with van der Waals surface area (Å²) in [6, 6.07) is 6.61. The lowest BCUT2D eigenvalue weighted by atomic mass is 10.1. The molecule has 3 rings (SSSR count). The van der Waals surface area contributed by atoms with E-state index in [1.807, 2.05) is 13.8 Å². The third kappa shape index (κ3) is 4.31. The number of quaternary nitrogens is 1. The molecule has 2 amide bonds.